The molecule has 0 saturated heterocycles. The Hall–Kier alpha value is -8.71. The van der Waals surface area contributed by atoms with E-state index in [0.29, 0.717) is 99.4 Å². The number of amides is 5. The molecule has 9 aromatic rings. The Labute approximate surface area is 563 Å². The molecule has 2 aromatic carbocycles. The molecule has 2 aliphatic rings. The number of Topliss-reactive ketones (excluding diaryl/α,β-unsaturated/α-hetero) is 1. The maximum atomic E-state index is 14.6. The smallest absolute Gasteiger partial charge is 0.335 e. The van der Waals surface area contributed by atoms with Crippen molar-refractivity contribution in [2.75, 3.05) is 25.6 Å². The Bertz CT molecular complexity index is 4340. The van der Waals surface area contributed by atoms with E-state index < -0.39 is 71.9 Å². The highest BCUT2D eigenvalue weighted by Gasteiger charge is 2.36. The Kier molecular flexibility index (Phi) is 20.8. The fourth-order valence-corrected chi connectivity index (χ4v) is 16.9. The fraction of sp³-hybridized carbons (Fsp3) is 0.338. The number of ketones is 1. The van der Waals surface area contributed by atoms with Gasteiger partial charge in [0.25, 0.3) is 11.8 Å². The molecule has 4 atom stereocenters. The van der Waals surface area contributed by atoms with E-state index in [9.17, 15) is 48.6 Å². The SMILES string of the molecule is CNC(=O)C[C@@H]1NC(=O)c2csc(n2)-c2ccc(-c3nc(N(Cc4cccc(C(=O)O)c4)C(=O)C4CCC(C(=O)O)CC4)cs3)nc2-c2csc(n2)-c2csc(n2)[C@H]([C@@H](C)c2ccccc2)NC(=O)CNC(=O)c2nc(sc2COC)C(C(C)C)CC(=O)c2nc1sc2C. The second kappa shape index (κ2) is 29.3. The molecule has 29 heteroatoms. The molecule has 5 amide bonds. The summed E-state index contributed by atoms with van der Waals surface area (Å²) in [4.78, 5) is 146. The number of nitrogens with zero attached hydrogens (tertiary/aromatic N) is 8. The van der Waals surface area contributed by atoms with Crippen molar-refractivity contribution in [1.82, 2.24) is 56.2 Å². The van der Waals surface area contributed by atoms with E-state index in [1.807, 2.05) is 61.9 Å². The first kappa shape index (κ1) is 66.7. The molecule has 8 heterocycles. The van der Waals surface area contributed by atoms with Crippen LogP contribution >= 0.6 is 68.0 Å². The van der Waals surface area contributed by atoms with Gasteiger partial charge in [-0.25, -0.2) is 39.7 Å². The standard InChI is InChI=1S/C65H64N12O11S6/c1-31(2)40-22-46(78)52-33(4)93-61(75-52)42(23-49(79)66-5)69-55(81)44-28-89-57(71-44)39-19-20-41(59-73-48(30-92-59)77(25-34-11-10-14-38(21-34)65(86)87)63(83)36-15-17-37(18-16-36)64(84)85)68-53(39)43-27-90-60(70-43)45-29-91-62(72-45)51(32(3)35-12-8-7-9-13-35)74-50(80)24-67-56(82)54-47(26-88-6)94-58(40)76-54/h7-14,19-21,27-32,36-37,40,42,51H,15-18,22-26H2,1-6H3,(H,66,79)(H,67,82)(H,69,81)(H,74,80)(H,84,85)(H,86,87)/t32-,36?,37?,40?,42-,51-/m0/s1. The lowest BCUT2D eigenvalue weighted by Crippen LogP contribution is -2.40. The van der Waals surface area contributed by atoms with E-state index >= 15 is 0 Å². The average molecular weight is 1380 g/mol. The van der Waals surface area contributed by atoms with Crippen LogP contribution in [0.1, 0.15) is 161 Å². The number of carbonyl (C=O) groups is 8. The minimum absolute atomic E-state index is 0.0174. The number of methoxy groups -OCH3 is 1. The topological polar surface area (TPSA) is 328 Å². The number of carboxylic acids is 2. The van der Waals surface area contributed by atoms with Gasteiger partial charge in [-0.3, -0.25) is 38.5 Å². The molecule has 0 spiro atoms. The number of rotatable bonds is 14. The number of aliphatic carboxylic acids is 1. The summed E-state index contributed by atoms with van der Waals surface area (Å²) in [6.07, 6.45) is 1.12. The first-order valence-corrected chi connectivity index (χ1v) is 35.2. The van der Waals surface area contributed by atoms with Crippen LogP contribution in [-0.4, -0.2) is 113 Å². The van der Waals surface area contributed by atoms with Gasteiger partial charge in [-0.2, -0.15) is 0 Å². The number of aryl methyl sites for hydroxylation is 1. The number of carboxylic acid groups (broad SMARTS) is 2. The number of anilines is 1. The van der Waals surface area contributed by atoms with Crippen LogP contribution in [0, 0.1) is 24.7 Å². The zero-order chi connectivity index (χ0) is 66.5. The predicted octanol–water partition coefficient (Wildman–Crippen LogP) is 11.4. The fourth-order valence-electron chi connectivity index (χ4n) is 11.3. The van der Waals surface area contributed by atoms with E-state index in [1.54, 1.807) is 41.9 Å². The molecule has 23 nitrogen and oxygen atoms in total. The molecular weight excluding hydrogens is 1320 g/mol. The van der Waals surface area contributed by atoms with Crippen molar-refractivity contribution in [2.24, 2.45) is 17.8 Å². The minimum atomic E-state index is -1.13. The molecule has 0 radical (unpaired) electrons. The normalized spacial score (nSPS) is 18.4. The zero-order valence-corrected chi connectivity index (χ0v) is 56.6. The lowest BCUT2D eigenvalue weighted by molar-refractivity contribution is -0.144. The largest absolute Gasteiger partial charge is 0.481 e. The Morgan fingerprint density at radius 3 is 2.13 bits per heavy atom. The van der Waals surface area contributed by atoms with Gasteiger partial charge in [0.05, 0.1) is 65.3 Å². The van der Waals surface area contributed by atoms with Crippen LogP contribution in [0.3, 0.4) is 0 Å². The van der Waals surface area contributed by atoms with Crippen LogP contribution in [0.2, 0.25) is 0 Å². The predicted molar refractivity (Wildman–Crippen MR) is 360 cm³/mol. The van der Waals surface area contributed by atoms with Crippen LogP contribution in [0.15, 0.2) is 88.3 Å². The van der Waals surface area contributed by atoms with Crippen LogP contribution in [-0.2, 0) is 37.1 Å². The highest BCUT2D eigenvalue weighted by atomic mass is 32.1. The summed E-state index contributed by atoms with van der Waals surface area (Å²) in [6, 6.07) is 17.9. The summed E-state index contributed by atoms with van der Waals surface area (Å²) in [5.74, 6) is -6.39. The third-order valence-corrected chi connectivity index (χ3v) is 22.2. The number of nitrogens with one attached hydrogen (secondary N) is 4. The Morgan fingerprint density at radius 1 is 0.691 bits per heavy atom. The molecule has 1 fully saturated rings. The lowest BCUT2D eigenvalue weighted by atomic mass is 9.81. The van der Waals surface area contributed by atoms with Crippen LogP contribution in [0.5, 0.6) is 0 Å². The van der Waals surface area contributed by atoms with Crippen molar-refractivity contribution in [2.45, 2.75) is 103 Å². The van der Waals surface area contributed by atoms with Gasteiger partial charge < -0.3 is 36.2 Å². The third-order valence-electron chi connectivity index (χ3n) is 16.4. The van der Waals surface area contributed by atoms with Gasteiger partial charge in [-0.05, 0) is 73.9 Å². The zero-order valence-electron chi connectivity index (χ0n) is 51.7. The van der Waals surface area contributed by atoms with E-state index in [2.05, 4.69) is 21.3 Å². The van der Waals surface area contributed by atoms with Gasteiger partial charge in [0, 0.05) is 70.3 Å². The molecule has 1 saturated carbocycles. The van der Waals surface area contributed by atoms with Crippen molar-refractivity contribution < 1.29 is 53.3 Å². The molecule has 486 valence electrons. The number of ether oxygens (including phenoxy) is 1. The number of aromatic carboxylic acids is 1. The summed E-state index contributed by atoms with van der Waals surface area (Å²) < 4.78 is 5.51. The highest BCUT2D eigenvalue weighted by molar-refractivity contribution is 7.15. The van der Waals surface area contributed by atoms with Gasteiger partial charge in [-0.15, -0.1) is 68.0 Å². The summed E-state index contributed by atoms with van der Waals surface area (Å²) in [6.45, 7) is 7.26. The summed E-state index contributed by atoms with van der Waals surface area (Å²) in [5, 5.41) is 40.8. The van der Waals surface area contributed by atoms with Crippen LogP contribution in [0.25, 0.3) is 43.4 Å². The molecule has 1 unspecified atom stereocenters. The number of hydrogen-bond donors (Lipinski definition) is 6. The Morgan fingerprint density at radius 2 is 1.39 bits per heavy atom. The Balaban J connectivity index is 0.991. The molecule has 1 aliphatic carbocycles. The molecule has 10 bridgehead atoms. The number of fused-ring (bicyclic) bond motifs is 14. The molecule has 1 aliphatic heterocycles. The third kappa shape index (κ3) is 14.9. The van der Waals surface area contributed by atoms with Gasteiger partial charge in [0.15, 0.2) is 5.78 Å². The van der Waals surface area contributed by atoms with E-state index in [1.165, 1.54) is 99.2 Å². The molecule has 7 aromatic heterocycles. The summed E-state index contributed by atoms with van der Waals surface area (Å²) in [5.41, 5.74) is 3.94. The molecule has 6 N–H and O–H groups in total. The number of pyridine rings is 1. The van der Waals surface area contributed by atoms with E-state index in [4.69, 9.17) is 39.6 Å². The minimum Gasteiger partial charge on any atom is -0.481 e. The van der Waals surface area contributed by atoms with E-state index in [-0.39, 0.29) is 78.0 Å². The van der Waals surface area contributed by atoms with Gasteiger partial charge >= 0.3 is 11.9 Å². The van der Waals surface area contributed by atoms with Crippen LogP contribution in [0.4, 0.5) is 5.82 Å². The molecule has 94 heavy (non-hydrogen) atoms. The second-order valence-electron chi connectivity index (χ2n) is 23.1. The van der Waals surface area contributed by atoms with Gasteiger partial charge in [0.1, 0.15) is 65.0 Å². The highest BCUT2D eigenvalue weighted by Crippen LogP contribution is 2.42. The lowest BCUT2D eigenvalue weighted by Gasteiger charge is -2.30. The van der Waals surface area contributed by atoms with Crippen molar-refractivity contribution in [3.8, 4) is 43.4 Å². The number of hydrogen-bond acceptors (Lipinski definition) is 22. The maximum Gasteiger partial charge on any atom is 0.335 e. The maximum absolute atomic E-state index is 14.6. The van der Waals surface area contributed by atoms with Gasteiger partial charge in [0.2, 0.25) is 17.7 Å². The summed E-state index contributed by atoms with van der Waals surface area (Å²) >= 11 is 7.47. The van der Waals surface area contributed by atoms with Crippen molar-refractivity contribution in [1.29, 1.82) is 0 Å². The number of benzene rings is 2. The van der Waals surface area contributed by atoms with Crippen LogP contribution < -0.4 is 26.2 Å². The van der Waals surface area contributed by atoms with Gasteiger partial charge in [-0.1, -0.05) is 63.2 Å². The first-order valence-electron chi connectivity index (χ1n) is 30.1. The average Bonchev–Trinajstić information content (AvgIpc) is 1.56. The number of aromatic nitrogens is 7. The number of carbonyl (C=O) groups excluding carboxylic acids is 6. The van der Waals surface area contributed by atoms with Crippen molar-refractivity contribution in [3.05, 3.63) is 147 Å². The second-order valence-corrected chi connectivity index (χ2v) is 28.9. The quantitative estimate of drug-likeness (QED) is 0.0589. The summed E-state index contributed by atoms with van der Waals surface area (Å²) in [7, 11) is 2.98. The first-order chi connectivity index (χ1) is 45.2. The molecular formula is C65H64N12O11S6. The monoisotopic (exact) mass is 1380 g/mol. The van der Waals surface area contributed by atoms with E-state index in [0.717, 1.165) is 5.56 Å². The van der Waals surface area contributed by atoms with Crippen molar-refractivity contribution >= 4 is 121 Å². The van der Waals surface area contributed by atoms with Crippen molar-refractivity contribution in [3.63, 3.8) is 0 Å². The number of thiazole rings is 6. The molecule has 11 rings (SSSR count).